The number of carbonyl (C=O) groups is 1. The van der Waals surface area contributed by atoms with Crippen LogP contribution in [0.5, 0.6) is 5.75 Å². The summed E-state index contributed by atoms with van der Waals surface area (Å²) >= 11 is 5.92. The molecule has 0 radical (unpaired) electrons. The molecule has 0 saturated heterocycles. The summed E-state index contributed by atoms with van der Waals surface area (Å²) in [4.78, 5) is 11.2. The molecule has 0 aliphatic carbocycles. The largest absolute Gasteiger partial charge is 0.495 e. The molecule has 0 heterocycles. The van der Waals surface area contributed by atoms with Crippen LogP contribution in [0.15, 0.2) is 18.2 Å². The molecule has 0 aliphatic rings. The summed E-state index contributed by atoms with van der Waals surface area (Å²) in [6.07, 6.45) is -1.01. The van der Waals surface area contributed by atoms with E-state index in [1.54, 1.807) is 25.1 Å². The van der Waals surface area contributed by atoms with Crippen LogP contribution < -0.4 is 4.74 Å². The van der Waals surface area contributed by atoms with E-state index in [0.717, 1.165) is 0 Å². The van der Waals surface area contributed by atoms with Crippen LogP contribution in [0.3, 0.4) is 0 Å². The summed E-state index contributed by atoms with van der Waals surface area (Å²) in [6, 6.07) is 4.88. The van der Waals surface area contributed by atoms with Crippen molar-refractivity contribution in [3.05, 3.63) is 28.8 Å². The van der Waals surface area contributed by atoms with Crippen LogP contribution in [0.25, 0.3) is 0 Å². The van der Waals surface area contributed by atoms with Gasteiger partial charge in [-0.25, -0.2) is 0 Å². The Morgan fingerprint density at radius 2 is 2.24 bits per heavy atom. The number of rotatable bonds is 5. The van der Waals surface area contributed by atoms with E-state index >= 15 is 0 Å². The quantitative estimate of drug-likeness (QED) is 0.824. The average Bonchev–Trinajstić information content (AvgIpc) is 2.29. The van der Waals surface area contributed by atoms with Gasteiger partial charge in [0.15, 0.2) is 0 Å². The molecule has 5 heteroatoms. The van der Waals surface area contributed by atoms with E-state index in [4.69, 9.17) is 21.1 Å². The molecule has 1 N–H and O–H groups in total. The molecule has 0 fully saturated rings. The Hall–Kier alpha value is -1.26. The predicted octanol–water partition coefficient (Wildman–Crippen LogP) is 2.34. The number of halogens is 1. The fraction of sp³-hybridized carbons (Fsp3) is 0.417. The third-order valence-electron chi connectivity index (χ3n) is 2.23. The van der Waals surface area contributed by atoms with Crippen LogP contribution in [0.4, 0.5) is 0 Å². The molecule has 0 aromatic heterocycles. The number of esters is 1. The number of hydrogen-bond donors (Lipinski definition) is 1. The first-order valence-corrected chi connectivity index (χ1v) is 5.63. The van der Waals surface area contributed by atoms with Gasteiger partial charge >= 0.3 is 5.97 Å². The normalized spacial score (nSPS) is 12.0. The minimum atomic E-state index is -0.919. The molecule has 1 rings (SSSR count). The SMILES string of the molecule is CCOC(=O)CC(O)c1ccc(OC)c(Cl)c1. The van der Waals surface area contributed by atoms with Gasteiger partial charge in [0.05, 0.1) is 31.3 Å². The molecule has 0 aliphatic heterocycles. The van der Waals surface area contributed by atoms with Crippen molar-refractivity contribution in [3.8, 4) is 5.75 Å². The highest BCUT2D eigenvalue weighted by atomic mass is 35.5. The lowest BCUT2D eigenvalue weighted by atomic mass is 10.1. The molecule has 1 aromatic rings. The fourth-order valence-corrected chi connectivity index (χ4v) is 1.65. The first kappa shape index (κ1) is 13.8. The van der Waals surface area contributed by atoms with Gasteiger partial charge in [-0.3, -0.25) is 4.79 Å². The molecule has 1 atom stereocenters. The zero-order valence-corrected chi connectivity index (χ0v) is 10.5. The van der Waals surface area contributed by atoms with Gasteiger partial charge in [0, 0.05) is 0 Å². The Kier molecular flexibility index (Phi) is 5.25. The molecule has 1 aromatic carbocycles. The van der Waals surface area contributed by atoms with Gasteiger partial charge in [0.2, 0.25) is 0 Å². The number of hydrogen-bond acceptors (Lipinski definition) is 4. The second-order valence-electron chi connectivity index (χ2n) is 3.42. The van der Waals surface area contributed by atoms with Gasteiger partial charge < -0.3 is 14.6 Å². The van der Waals surface area contributed by atoms with Crippen molar-refractivity contribution in [2.45, 2.75) is 19.4 Å². The van der Waals surface area contributed by atoms with Gasteiger partial charge in [0.1, 0.15) is 5.75 Å². The van der Waals surface area contributed by atoms with Gasteiger partial charge in [0.25, 0.3) is 0 Å². The Bertz CT molecular complexity index is 392. The first-order valence-electron chi connectivity index (χ1n) is 5.25. The molecule has 94 valence electrons. The first-order chi connectivity index (χ1) is 8.08. The van der Waals surface area contributed by atoms with E-state index in [9.17, 15) is 9.90 Å². The Balaban J connectivity index is 2.72. The number of methoxy groups -OCH3 is 1. The van der Waals surface area contributed by atoms with E-state index in [1.165, 1.54) is 7.11 Å². The van der Waals surface area contributed by atoms with Gasteiger partial charge in [-0.05, 0) is 24.6 Å². The molecule has 17 heavy (non-hydrogen) atoms. The van der Waals surface area contributed by atoms with Crippen molar-refractivity contribution in [1.29, 1.82) is 0 Å². The summed E-state index contributed by atoms with van der Waals surface area (Å²) in [5.74, 6) is 0.0886. The monoisotopic (exact) mass is 258 g/mol. The van der Waals surface area contributed by atoms with Gasteiger partial charge in [-0.2, -0.15) is 0 Å². The highest BCUT2D eigenvalue weighted by molar-refractivity contribution is 6.32. The molecular formula is C12H15ClO4. The summed E-state index contributed by atoms with van der Waals surface area (Å²) in [5, 5.41) is 10.2. The minimum Gasteiger partial charge on any atom is -0.495 e. The lowest BCUT2D eigenvalue weighted by Gasteiger charge is -2.11. The minimum absolute atomic E-state index is 0.0868. The van der Waals surface area contributed by atoms with E-state index in [1.807, 2.05) is 0 Å². The maximum absolute atomic E-state index is 11.2. The van der Waals surface area contributed by atoms with Crippen LogP contribution in [-0.2, 0) is 9.53 Å². The van der Waals surface area contributed by atoms with Crippen molar-refractivity contribution in [3.63, 3.8) is 0 Å². The highest BCUT2D eigenvalue weighted by Crippen LogP contribution is 2.28. The third kappa shape index (κ3) is 3.91. The maximum atomic E-state index is 11.2. The van der Waals surface area contributed by atoms with Crippen molar-refractivity contribution in [2.24, 2.45) is 0 Å². The number of benzene rings is 1. The van der Waals surface area contributed by atoms with E-state index in [2.05, 4.69) is 0 Å². The van der Waals surface area contributed by atoms with Crippen molar-refractivity contribution >= 4 is 17.6 Å². The van der Waals surface area contributed by atoms with Crippen LogP contribution >= 0.6 is 11.6 Å². The smallest absolute Gasteiger partial charge is 0.308 e. The second kappa shape index (κ2) is 6.47. The molecule has 0 amide bonds. The summed E-state index contributed by atoms with van der Waals surface area (Å²) in [5.41, 5.74) is 0.559. The van der Waals surface area contributed by atoms with Crippen LogP contribution in [0.2, 0.25) is 5.02 Å². The Labute approximate surface area is 105 Å². The summed E-state index contributed by atoms with van der Waals surface area (Å²) < 4.78 is 9.75. The highest BCUT2D eigenvalue weighted by Gasteiger charge is 2.15. The molecule has 0 saturated carbocycles. The van der Waals surface area contributed by atoms with Crippen molar-refractivity contribution in [2.75, 3.05) is 13.7 Å². The third-order valence-corrected chi connectivity index (χ3v) is 2.52. The van der Waals surface area contributed by atoms with Gasteiger partial charge in [-0.1, -0.05) is 17.7 Å². The van der Waals surface area contributed by atoms with Crippen LogP contribution in [-0.4, -0.2) is 24.8 Å². The lowest BCUT2D eigenvalue weighted by Crippen LogP contribution is -2.10. The van der Waals surface area contributed by atoms with Crippen LogP contribution in [0.1, 0.15) is 25.0 Å². The maximum Gasteiger partial charge on any atom is 0.308 e. The topological polar surface area (TPSA) is 55.8 Å². The molecule has 0 bridgehead atoms. The predicted molar refractivity (Wildman–Crippen MR) is 64.2 cm³/mol. The number of carbonyl (C=O) groups excluding carboxylic acids is 1. The molecule has 4 nitrogen and oxygen atoms in total. The standard InChI is InChI=1S/C12H15ClO4/c1-3-17-12(15)7-10(14)8-4-5-11(16-2)9(13)6-8/h4-6,10,14H,3,7H2,1-2H3. The van der Waals surface area contributed by atoms with Gasteiger partial charge in [-0.15, -0.1) is 0 Å². The zero-order chi connectivity index (χ0) is 12.8. The number of aliphatic hydroxyl groups excluding tert-OH is 1. The average molecular weight is 259 g/mol. The second-order valence-corrected chi connectivity index (χ2v) is 3.83. The zero-order valence-electron chi connectivity index (χ0n) is 9.77. The molecular weight excluding hydrogens is 244 g/mol. The van der Waals surface area contributed by atoms with E-state index in [0.29, 0.717) is 22.9 Å². The van der Waals surface area contributed by atoms with Crippen molar-refractivity contribution < 1.29 is 19.4 Å². The van der Waals surface area contributed by atoms with Crippen LogP contribution in [0, 0.1) is 0 Å². The Morgan fingerprint density at radius 3 is 2.76 bits per heavy atom. The lowest BCUT2D eigenvalue weighted by molar-refractivity contribution is -0.145. The van der Waals surface area contributed by atoms with Crippen molar-refractivity contribution in [1.82, 2.24) is 0 Å². The Morgan fingerprint density at radius 1 is 1.53 bits per heavy atom. The molecule has 0 spiro atoms. The number of ether oxygens (including phenoxy) is 2. The number of aliphatic hydroxyl groups is 1. The molecule has 1 unspecified atom stereocenters. The summed E-state index contributed by atoms with van der Waals surface area (Å²) in [7, 11) is 1.51. The summed E-state index contributed by atoms with van der Waals surface area (Å²) in [6.45, 7) is 2.02. The van der Waals surface area contributed by atoms with E-state index < -0.39 is 12.1 Å². The fourth-order valence-electron chi connectivity index (χ4n) is 1.39. The van der Waals surface area contributed by atoms with E-state index in [-0.39, 0.29) is 6.42 Å².